The third kappa shape index (κ3) is 3.95. The van der Waals surface area contributed by atoms with Gasteiger partial charge in [-0.25, -0.2) is 0 Å². The standard InChI is InChI=1S/C23H31N3O4/c1-25-14-23(12-18(23)20(24)27)11-17(22(29)30)19(25)21(28)26-10-9-16(13-26)8-7-15-5-3-2-4-6-15/h2-6,16-19H,7-14H2,1H3,(H2,24,27)(H,29,30). The monoisotopic (exact) mass is 413 g/mol. The summed E-state index contributed by atoms with van der Waals surface area (Å²) in [6, 6.07) is 9.67. The third-order valence-electron chi connectivity index (χ3n) is 7.43. The molecular weight excluding hydrogens is 382 g/mol. The van der Waals surface area contributed by atoms with Crippen molar-refractivity contribution in [1.82, 2.24) is 9.80 Å². The van der Waals surface area contributed by atoms with Crippen LogP contribution in [-0.4, -0.2) is 65.4 Å². The van der Waals surface area contributed by atoms with Gasteiger partial charge in [-0.3, -0.25) is 19.3 Å². The van der Waals surface area contributed by atoms with Gasteiger partial charge < -0.3 is 15.7 Å². The predicted octanol–water partition coefficient (Wildman–Crippen LogP) is 1.36. The summed E-state index contributed by atoms with van der Waals surface area (Å²) in [6.07, 6.45) is 3.96. The van der Waals surface area contributed by atoms with Gasteiger partial charge in [0.05, 0.1) is 5.92 Å². The van der Waals surface area contributed by atoms with Crippen molar-refractivity contribution in [3.05, 3.63) is 35.9 Å². The summed E-state index contributed by atoms with van der Waals surface area (Å²) in [4.78, 5) is 40.7. The quantitative estimate of drug-likeness (QED) is 0.733. The summed E-state index contributed by atoms with van der Waals surface area (Å²) in [6.45, 7) is 1.92. The van der Waals surface area contributed by atoms with Crippen LogP contribution in [0.25, 0.3) is 0 Å². The lowest BCUT2D eigenvalue weighted by Gasteiger charge is -2.42. The Balaban J connectivity index is 1.38. The summed E-state index contributed by atoms with van der Waals surface area (Å²) in [5.41, 5.74) is 6.40. The van der Waals surface area contributed by atoms with Crippen LogP contribution in [0.1, 0.15) is 31.2 Å². The molecule has 3 aliphatic rings. The molecule has 2 heterocycles. The number of hydrogen-bond donors (Lipinski definition) is 2. The number of amides is 2. The topological polar surface area (TPSA) is 104 Å². The highest BCUT2D eigenvalue weighted by Gasteiger charge is 2.63. The summed E-state index contributed by atoms with van der Waals surface area (Å²) in [5, 5.41) is 9.85. The fraction of sp³-hybridized carbons (Fsp3) is 0.609. The molecule has 4 rings (SSSR count). The maximum absolute atomic E-state index is 13.3. The number of hydrogen-bond acceptors (Lipinski definition) is 4. The molecule has 3 N–H and O–H groups in total. The Bertz CT molecular complexity index is 829. The van der Waals surface area contributed by atoms with E-state index in [0.717, 1.165) is 19.3 Å². The number of aliphatic carboxylic acids is 1. The van der Waals surface area contributed by atoms with Gasteiger partial charge in [-0.1, -0.05) is 30.3 Å². The van der Waals surface area contributed by atoms with Gasteiger partial charge in [-0.2, -0.15) is 0 Å². The SMILES string of the molecule is CN1CC2(CC(C(=O)O)C1C(=O)N1CCC(CCc3ccccc3)C1)CC2C(N)=O. The molecule has 2 aliphatic heterocycles. The first-order valence-corrected chi connectivity index (χ1v) is 10.9. The van der Waals surface area contributed by atoms with Crippen LogP contribution < -0.4 is 5.73 Å². The van der Waals surface area contributed by atoms with Crippen LogP contribution >= 0.6 is 0 Å². The number of nitrogens with two attached hydrogens (primary N) is 1. The third-order valence-corrected chi connectivity index (χ3v) is 7.43. The van der Waals surface area contributed by atoms with Crippen LogP contribution in [0.2, 0.25) is 0 Å². The minimum absolute atomic E-state index is 0.0850. The highest BCUT2D eigenvalue weighted by molar-refractivity contribution is 5.89. The molecule has 5 atom stereocenters. The number of piperidine rings is 1. The lowest BCUT2D eigenvalue weighted by Crippen LogP contribution is -2.58. The number of likely N-dealkylation sites (tertiary alicyclic amines) is 2. The van der Waals surface area contributed by atoms with Crippen LogP contribution in [0.5, 0.6) is 0 Å². The van der Waals surface area contributed by atoms with Crippen molar-refractivity contribution in [1.29, 1.82) is 0 Å². The molecule has 1 aromatic carbocycles. The zero-order valence-electron chi connectivity index (χ0n) is 17.5. The molecule has 162 valence electrons. The summed E-state index contributed by atoms with van der Waals surface area (Å²) < 4.78 is 0. The summed E-state index contributed by atoms with van der Waals surface area (Å²) >= 11 is 0. The van der Waals surface area contributed by atoms with Gasteiger partial charge >= 0.3 is 5.97 Å². The number of likely N-dealkylation sites (N-methyl/N-ethyl adjacent to an activating group) is 1. The molecule has 1 saturated carbocycles. The second-order valence-corrected chi connectivity index (χ2v) is 9.49. The van der Waals surface area contributed by atoms with Gasteiger partial charge in [0.1, 0.15) is 6.04 Å². The minimum atomic E-state index is -0.964. The van der Waals surface area contributed by atoms with Crippen LogP contribution in [0, 0.1) is 23.2 Å². The molecule has 1 aromatic rings. The fourth-order valence-electron chi connectivity index (χ4n) is 5.72. The van der Waals surface area contributed by atoms with E-state index in [1.807, 2.05) is 28.0 Å². The van der Waals surface area contributed by atoms with E-state index in [1.54, 1.807) is 7.05 Å². The van der Waals surface area contributed by atoms with E-state index < -0.39 is 17.9 Å². The fourth-order valence-corrected chi connectivity index (χ4v) is 5.72. The molecule has 2 amide bonds. The predicted molar refractivity (Wildman–Crippen MR) is 111 cm³/mol. The molecule has 1 aliphatic carbocycles. The van der Waals surface area contributed by atoms with E-state index in [9.17, 15) is 19.5 Å². The minimum Gasteiger partial charge on any atom is -0.481 e. The molecule has 7 heteroatoms. The molecule has 2 saturated heterocycles. The van der Waals surface area contributed by atoms with E-state index in [4.69, 9.17) is 5.73 Å². The van der Waals surface area contributed by atoms with Crippen molar-refractivity contribution < 1.29 is 19.5 Å². The number of rotatable bonds is 6. The Hall–Kier alpha value is -2.41. The van der Waals surface area contributed by atoms with Gasteiger partial charge in [-0.05, 0) is 56.0 Å². The molecule has 3 fully saturated rings. The molecule has 7 nitrogen and oxygen atoms in total. The Labute approximate surface area is 177 Å². The number of carbonyl (C=O) groups excluding carboxylic acids is 2. The average molecular weight is 414 g/mol. The van der Waals surface area contributed by atoms with Gasteiger partial charge in [0.15, 0.2) is 0 Å². The van der Waals surface area contributed by atoms with E-state index in [0.29, 0.717) is 38.4 Å². The largest absolute Gasteiger partial charge is 0.481 e. The number of aryl methyl sites for hydroxylation is 1. The first-order valence-electron chi connectivity index (χ1n) is 10.9. The molecular formula is C23H31N3O4. The molecule has 5 unspecified atom stereocenters. The lowest BCUT2D eigenvalue weighted by molar-refractivity contribution is -0.156. The van der Waals surface area contributed by atoms with Crippen molar-refractivity contribution in [2.45, 2.75) is 38.1 Å². The number of carboxylic acids is 1. The first kappa shape index (κ1) is 20.8. The van der Waals surface area contributed by atoms with Crippen molar-refractivity contribution >= 4 is 17.8 Å². The molecule has 30 heavy (non-hydrogen) atoms. The number of nitrogens with zero attached hydrogens (tertiary/aromatic N) is 2. The normalized spacial score (nSPS) is 33.6. The second kappa shape index (κ2) is 8.02. The Morgan fingerprint density at radius 2 is 1.93 bits per heavy atom. The zero-order valence-corrected chi connectivity index (χ0v) is 17.5. The lowest BCUT2D eigenvalue weighted by atomic mass is 9.79. The highest BCUT2D eigenvalue weighted by Crippen LogP contribution is 2.59. The van der Waals surface area contributed by atoms with Crippen molar-refractivity contribution in [3.8, 4) is 0 Å². The smallest absolute Gasteiger partial charge is 0.308 e. The summed E-state index contributed by atoms with van der Waals surface area (Å²) in [7, 11) is 1.80. The van der Waals surface area contributed by atoms with Gasteiger partial charge in [-0.15, -0.1) is 0 Å². The second-order valence-electron chi connectivity index (χ2n) is 9.49. The van der Waals surface area contributed by atoms with Crippen LogP contribution in [0.15, 0.2) is 30.3 Å². The van der Waals surface area contributed by atoms with E-state index >= 15 is 0 Å². The van der Waals surface area contributed by atoms with Crippen LogP contribution in [0.3, 0.4) is 0 Å². The van der Waals surface area contributed by atoms with Crippen LogP contribution in [0.4, 0.5) is 0 Å². The number of primary amides is 1. The van der Waals surface area contributed by atoms with Crippen molar-refractivity contribution in [3.63, 3.8) is 0 Å². The van der Waals surface area contributed by atoms with Crippen molar-refractivity contribution in [2.24, 2.45) is 28.9 Å². The first-order chi connectivity index (χ1) is 14.3. The van der Waals surface area contributed by atoms with E-state index in [1.165, 1.54) is 5.56 Å². The zero-order chi connectivity index (χ0) is 21.5. The maximum atomic E-state index is 13.3. The molecule has 0 radical (unpaired) electrons. The highest BCUT2D eigenvalue weighted by atomic mass is 16.4. The number of carbonyl (C=O) groups is 3. The number of carboxylic acid groups (broad SMARTS) is 1. The van der Waals surface area contributed by atoms with Gasteiger partial charge in [0, 0.05) is 25.6 Å². The van der Waals surface area contributed by atoms with E-state index in [2.05, 4.69) is 12.1 Å². The van der Waals surface area contributed by atoms with Gasteiger partial charge in [0.2, 0.25) is 11.8 Å². The molecule has 0 aromatic heterocycles. The average Bonchev–Trinajstić information content (AvgIpc) is 3.19. The van der Waals surface area contributed by atoms with Crippen molar-refractivity contribution in [2.75, 3.05) is 26.7 Å². The molecule has 0 bridgehead atoms. The molecule has 1 spiro atoms. The Morgan fingerprint density at radius 1 is 1.20 bits per heavy atom. The Morgan fingerprint density at radius 3 is 2.57 bits per heavy atom. The summed E-state index contributed by atoms with van der Waals surface area (Å²) in [5.74, 6) is -2.04. The maximum Gasteiger partial charge on any atom is 0.308 e. The van der Waals surface area contributed by atoms with Crippen LogP contribution in [-0.2, 0) is 20.8 Å². The van der Waals surface area contributed by atoms with Gasteiger partial charge in [0.25, 0.3) is 0 Å². The number of benzene rings is 1. The Kier molecular flexibility index (Phi) is 5.57. The van der Waals surface area contributed by atoms with E-state index in [-0.39, 0.29) is 23.1 Å².